The normalized spacial score (nSPS) is 14.3. The van der Waals surface area contributed by atoms with Crippen molar-refractivity contribution in [1.82, 2.24) is 5.06 Å². The molecule has 1 saturated heterocycles. The van der Waals surface area contributed by atoms with Crippen LogP contribution < -0.4 is 5.63 Å². The molecule has 1 N–H and O–H groups in total. The molecule has 0 spiro atoms. The zero-order valence-electron chi connectivity index (χ0n) is 13.6. The summed E-state index contributed by atoms with van der Waals surface area (Å²) in [5, 5.41) is 9.93. The van der Waals surface area contributed by atoms with Gasteiger partial charge in [-0.15, -0.1) is 5.06 Å². The summed E-state index contributed by atoms with van der Waals surface area (Å²) in [4.78, 5) is 40.6. The van der Waals surface area contributed by atoms with Gasteiger partial charge in [0.25, 0.3) is 5.91 Å². The molecule has 0 radical (unpaired) electrons. The van der Waals surface area contributed by atoms with Crippen LogP contribution in [0, 0.1) is 18.6 Å². The Hall–Kier alpha value is -3.23. The molecular weight excluding hydrogens is 352 g/mol. The summed E-state index contributed by atoms with van der Waals surface area (Å²) >= 11 is 0. The second kappa shape index (κ2) is 6.25. The number of rotatable bonds is 3. The van der Waals surface area contributed by atoms with Crippen molar-refractivity contribution in [3.63, 3.8) is 0 Å². The lowest BCUT2D eigenvalue weighted by Gasteiger charge is -2.16. The standard InChI is InChI=1S/C17H13F2NO6/c1-7-3-4-12(21)20(7)26-13(22)6-10-8(2)9-5-11(18)15(23)14(19)16(9)25-17(10)24/h5,23H,1,3-4,6H2,2H3. The fourth-order valence-corrected chi connectivity index (χ4v) is 2.67. The molecule has 1 aromatic carbocycles. The molecular formula is C17H13F2NO6. The highest BCUT2D eigenvalue weighted by molar-refractivity contribution is 5.86. The topological polar surface area (TPSA) is 97.1 Å². The zero-order valence-corrected chi connectivity index (χ0v) is 13.6. The maximum atomic E-state index is 13.9. The summed E-state index contributed by atoms with van der Waals surface area (Å²) < 4.78 is 32.3. The number of halogens is 2. The van der Waals surface area contributed by atoms with Crippen LogP contribution in [0.3, 0.4) is 0 Å². The molecule has 0 atom stereocenters. The Morgan fingerprint density at radius 2 is 2.08 bits per heavy atom. The van der Waals surface area contributed by atoms with Crippen molar-refractivity contribution < 1.29 is 32.7 Å². The van der Waals surface area contributed by atoms with E-state index in [-0.39, 0.29) is 22.9 Å². The highest BCUT2D eigenvalue weighted by Crippen LogP contribution is 2.30. The lowest BCUT2D eigenvalue weighted by Crippen LogP contribution is -2.29. The van der Waals surface area contributed by atoms with Crippen LogP contribution >= 0.6 is 0 Å². The van der Waals surface area contributed by atoms with Gasteiger partial charge in [0.05, 0.1) is 17.7 Å². The number of aromatic hydroxyl groups is 1. The number of phenols is 1. The first-order chi connectivity index (χ1) is 12.2. The third-order valence-electron chi connectivity index (χ3n) is 4.10. The van der Waals surface area contributed by atoms with E-state index in [2.05, 4.69) is 6.58 Å². The first kappa shape index (κ1) is 17.6. The molecule has 2 aromatic rings. The number of aryl methyl sites for hydroxylation is 1. The fraction of sp³-hybridized carbons (Fsp3) is 0.235. The minimum absolute atomic E-state index is 0.0950. The molecule has 136 valence electrons. The minimum atomic E-state index is -1.41. The van der Waals surface area contributed by atoms with Crippen molar-refractivity contribution in [2.75, 3.05) is 0 Å². The average molecular weight is 365 g/mol. The summed E-state index contributed by atoms with van der Waals surface area (Å²) in [6.07, 6.45) is -0.0676. The van der Waals surface area contributed by atoms with Gasteiger partial charge in [-0.2, -0.15) is 4.39 Å². The van der Waals surface area contributed by atoms with Gasteiger partial charge in [0.1, 0.15) is 0 Å². The number of hydrogen-bond donors (Lipinski definition) is 1. The van der Waals surface area contributed by atoms with Crippen LogP contribution in [0.1, 0.15) is 24.0 Å². The van der Waals surface area contributed by atoms with E-state index in [9.17, 15) is 28.3 Å². The number of nitrogens with zero attached hydrogens (tertiary/aromatic N) is 1. The summed E-state index contributed by atoms with van der Waals surface area (Å²) in [5.74, 6) is -5.29. The maximum Gasteiger partial charge on any atom is 0.340 e. The van der Waals surface area contributed by atoms with Gasteiger partial charge < -0.3 is 14.4 Å². The summed E-state index contributed by atoms with van der Waals surface area (Å²) in [6.45, 7) is 4.96. The largest absolute Gasteiger partial charge is 0.503 e. The van der Waals surface area contributed by atoms with Crippen LogP contribution in [0.5, 0.6) is 5.75 Å². The van der Waals surface area contributed by atoms with Gasteiger partial charge in [-0.3, -0.25) is 4.79 Å². The number of hydroxylamine groups is 2. The Kier molecular flexibility index (Phi) is 4.23. The summed E-state index contributed by atoms with van der Waals surface area (Å²) in [7, 11) is 0. The Morgan fingerprint density at radius 3 is 2.69 bits per heavy atom. The molecule has 0 bridgehead atoms. The van der Waals surface area contributed by atoms with E-state index in [0.717, 1.165) is 11.1 Å². The molecule has 26 heavy (non-hydrogen) atoms. The number of carbonyl (C=O) groups is 2. The number of phenolic OH excluding ortho intramolecular Hbond substituents is 1. The number of hydrogen-bond acceptors (Lipinski definition) is 6. The Bertz CT molecular complexity index is 1010. The van der Waals surface area contributed by atoms with E-state index in [1.54, 1.807) is 0 Å². The summed E-state index contributed by atoms with van der Waals surface area (Å²) in [6, 6.07) is 0.798. The quantitative estimate of drug-likeness (QED) is 0.838. The lowest BCUT2D eigenvalue weighted by molar-refractivity contribution is -0.186. The van der Waals surface area contributed by atoms with E-state index in [1.165, 1.54) is 6.92 Å². The minimum Gasteiger partial charge on any atom is -0.503 e. The number of carbonyl (C=O) groups excluding carboxylic acids is 2. The number of fused-ring (bicyclic) bond motifs is 1. The third-order valence-corrected chi connectivity index (χ3v) is 4.10. The van der Waals surface area contributed by atoms with E-state index in [1.807, 2.05) is 0 Å². The van der Waals surface area contributed by atoms with Crippen LogP contribution in [0.15, 0.2) is 27.6 Å². The predicted octanol–water partition coefficient (Wildman–Crippen LogP) is 2.22. The molecule has 1 amide bonds. The summed E-state index contributed by atoms with van der Waals surface area (Å²) in [5.41, 5.74) is -1.43. The van der Waals surface area contributed by atoms with Gasteiger partial charge in [0, 0.05) is 11.8 Å². The zero-order chi connectivity index (χ0) is 19.2. The van der Waals surface area contributed by atoms with Crippen LogP contribution in [-0.4, -0.2) is 22.0 Å². The van der Waals surface area contributed by atoms with Gasteiger partial charge in [0.2, 0.25) is 5.82 Å². The average Bonchev–Trinajstić information content (AvgIpc) is 2.90. The molecule has 1 aliphatic rings. The van der Waals surface area contributed by atoms with Crippen molar-refractivity contribution in [3.05, 3.63) is 51.5 Å². The van der Waals surface area contributed by atoms with Crippen molar-refractivity contribution in [2.45, 2.75) is 26.2 Å². The molecule has 1 aromatic heterocycles. The van der Waals surface area contributed by atoms with Crippen molar-refractivity contribution in [1.29, 1.82) is 0 Å². The second-order valence-corrected chi connectivity index (χ2v) is 5.79. The Balaban J connectivity index is 1.97. The van der Waals surface area contributed by atoms with Crippen molar-refractivity contribution in [2.24, 2.45) is 0 Å². The van der Waals surface area contributed by atoms with Crippen LogP contribution in [0.2, 0.25) is 0 Å². The number of allylic oxidation sites excluding steroid dienone is 1. The predicted molar refractivity (Wildman–Crippen MR) is 83.8 cm³/mol. The molecule has 0 saturated carbocycles. The van der Waals surface area contributed by atoms with Gasteiger partial charge in [-0.05, 0) is 25.0 Å². The molecule has 1 aliphatic heterocycles. The molecule has 2 heterocycles. The van der Waals surface area contributed by atoms with Crippen LogP contribution in [0.25, 0.3) is 11.0 Å². The first-order valence-electron chi connectivity index (χ1n) is 7.55. The Labute approximate surface area is 145 Å². The second-order valence-electron chi connectivity index (χ2n) is 5.79. The van der Waals surface area contributed by atoms with Gasteiger partial charge >= 0.3 is 11.6 Å². The van der Waals surface area contributed by atoms with E-state index < -0.39 is 46.9 Å². The van der Waals surface area contributed by atoms with Gasteiger partial charge in [-0.25, -0.2) is 14.0 Å². The highest BCUT2D eigenvalue weighted by atomic mass is 19.1. The van der Waals surface area contributed by atoms with E-state index in [0.29, 0.717) is 12.1 Å². The molecule has 1 fully saturated rings. The van der Waals surface area contributed by atoms with Crippen LogP contribution in [0.4, 0.5) is 8.78 Å². The van der Waals surface area contributed by atoms with Gasteiger partial charge in [-0.1, -0.05) is 6.58 Å². The van der Waals surface area contributed by atoms with E-state index >= 15 is 0 Å². The first-order valence-corrected chi connectivity index (χ1v) is 7.55. The molecule has 0 aliphatic carbocycles. The van der Waals surface area contributed by atoms with E-state index in [4.69, 9.17) is 9.25 Å². The SMILES string of the molecule is C=C1CCC(=O)N1OC(=O)Cc1c(C)c2cc(F)c(O)c(F)c2oc1=O. The molecule has 7 nitrogen and oxygen atoms in total. The fourth-order valence-electron chi connectivity index (χ4n) is 2.67. The number of amides is 1. The highest BCUT2D eigenvalue weighted by Gasteiger charge is 2.29. The lowest BCUT2D eigenvalue weighted by atomic mass is 10.0. The molecule has 3 rings (SSSR count). The third kappa shape index (κ3) is 2.81. The maximum absolute atomic E-state index is 13.9. The molecule has 9 heteroatoms. The van der Waals surface area contributed by atoms with Crippen molar-refractivity contribution >= 4 is 22.8 Å². The number of benzene rings is 1. The van der Waals surface area contributed by atoms with Crippen LogP contribution in [-0.2, 0) is 20.8 Å². The Morgan fingerprint density at radius 1 is 1.38 bits per heavy atom. The van der Waals surface area contributed by atoms with Gasteiger partial charge in [0.15, 0.2) is 17.1 Å². The smallest absolute Gasteiger partial charge is 0.340 e. The molecule has 0 unspecified atom stereocenters. The monoisotopic (exact) mass is 365 g/mol. The van der Waals surface area contributed by atoms with Crippen molar-refractivity contribution in [3.8, 4) is 5.75 Å².